The highest BCUT2D eigenvalue weighted by molar-refractivity contribution is 8.23. The maximum absolute atomic E-state index is 12.0. The molecule has 7 heteroatoms. The van der Waals surface area contributed by atoms with Gasteiger partial charge in [-0.2, -0.15) is 0 Å². The van der Waals surface area contributed by atoms with E-state index in [0.29, 0.717) is 23.5 Å². The summed E-state index contributed by atoms with van der Waals surface area (Å²) in [6.07, 6.45) is 1.49. The molecule has 0 aliphatic carbocycles. The molecule has 3 rings (SSSR count). The monoisotopic (exact) mass is 349 g/mol. The maximum Gasteiger partial charge on any atom is 0.354 e. The van der Waals surface area contributed by atoms with Crippen LogP contribution in [0.25, 0.3) is 0 Å². The van der Waals surface area contributed by atoms with Gasteiger partial charge in [-0.1, -0.05) is 42.1 Å². The van der Waals surface area contributed by atoms with Crippen molar-refractivity contribution in [1.82, 2.24) is 4.90 Å². The van der Waals surface area contributed by atoms with Crippen molar-refractivity contribution in [3.05, 3.63) is 45.8 Å². The highest BCUT2D eigenvalue weighted by Gasteiger charge is 2.48. The number of aryl methyl sites for hydroxylation is 1. The van der Waals surface area contributed by atoms with Gasteiger partial charge in [0.2, 0.25) is 5.91 Å². The van der Waals surface area contributed by atoms with Crippen LogP contribution >= 0.6 is 23.5 Å². The summed E-state index contributed by atoms with van der Waals surface area (Å²) in [7, 11) is 0. The van der Waals surface area contributed by atoms with Gasteiger partial charge in [0.25, 0.3) is 0 Å². The summed E-state index contributed by atoms with van der Waals surface area (Å²) in [4.78, 5) is 36.2. The molecule has 1 atom stereocenters. The van der Waals surface area contributed by atoms with Gasteiger partial charge in [-0.25, -0.2) is 4.79 Å². The number of carboxylic acids is 1. The van der Waals surface area contributed by atoms with Crippen molar-refractivity contribution in [3.63, 3.8) is 0 Å². The van der Waals surface area contributed by atoms with Crippen molar-refractivity contribution in [2.45, 2.75) is 24.6 Å². The summed E-state index contributed by atoms with van der Waals surface area (Å²) < 4.78 is 0.571. The number of carboxylic acid groups (broad SMARTS) is 1. The SMILES string of the molecule is O=C(CCc1ccccc1)CSC1=C(C(=O)O)N2C(=O)C[C@H]2S1. The Morgan fingerprint density at radius 3 is 2.70 bits per heavy atom. The molecule has 0 unspecified atom stereocenters. The number of nitrogens with zero attached hydrogens (tertiary/aromatic N) is 1. The van der Waals surface area contributed by atoms with E-state index in [-0.39, 0.29) is 28.5 Å². The number of fused-ring (bicyclic) bond motifs is 1. The Morgan fingerprint density at radius 2 is 2.04 bits per heavy atom. The smallest absolute Gasteiger partial charge is 0.354 e. The van der Waals surface area contributed by atoms with Crippen LogP contribution in [0, 0.1) is 0 Å². The van der Waals surface area contributed by atoms with E-state index in [2.05, 4.69) is 0 Å². The second kappa shape index (κ2) is 6.80. The highest BCUT2D eigenvalue weighted by Crippen LogP contribution is 2.50. The molecular formula is C16H15NO4S2. The van der Waals surface area contributed by atoms with E-state index < -0.39 is 5.97 Å². The number of hydrogen-bond acceptors (Lipinski definition) is 5. The molecule has 1 saturated heterocycles. The normalized spacial score (nSPS) is 19.6. The number of aliphatic carboxylic acids is 1. The highest BCUT2D eigenvalue weighted by atomic mass is 32.2. The van der Waals surface area contributed by atoms with E-state index in [1.807, 2.05) is 30.3 Å². The standard InChI is InChI=1S/C16H15NO4S2/c18-11(7-6-10-4-2-1-3-5-10)9-22-16-14(15(20)21)17-12(19)8-13(17)23-16/h1-5,13H,6-9H2,(H,20,21)/t13-/m1/s1. The van der Waals surface area contributed by atoms with Crippen molar-refractivity contribution in [1.29, 1.82) is 0 Å². The fourth-order valence-electron chi connectivity index (χ4n) is 2.47. The van der Waals surface area contributed by atoms with Gasteiger partial charge in [0, 0.05) is 6.42 Å². The first-order chi connectivity index (χ1) is 11.1. The Hall–Kier alpha value is -1.73. The van der Waals surface area contributed by atoms with E-state index >= 15 is 0 Å². The molecule has 2 aliphatic rings. The molecule has 5 nitrogen and oxygen atoms in total. The lowest BCUT2D eigenvalue weighted by Crippen LogP contribution is -2.48. The Labute approximate surface area is 142 Å². The third-order valence-electron chi connectivity index (χ3n) is 3.69. The minimum Gasteiger partial charge on any atom is -0.477 e. The Bertz CT molecular complexity index is 687. The molecule has 1 aromatic carbocycles. The molecule has 0 radical (unpaired) electrons. The van der Waals surface area contributed by atoms with Crippen LogP contribution in [-0.2, 0) is 20.8 Å². The van der Waals surface area contributed by atoms with Crippen LogP contribution in [0.4, 0.5) is 0 Å². The van der Waals surface area contributed by atoms with Crippen LogP contribution < -0.4 is 0 Å². The number of Topliss-reactive ketones (excluding diaryl/α,β-unsaturated/α-hetero) is 1. The zero-order chi connectivity index (χ0) is 16.4. The molecule has 1 N–H and O–H groups in total. The van der Waals surface area contributed by atoms with E-state index in [4.69, 9.17) is 0 Å². The maximum atomic E-state index is 12.0. The lowest BCUT2D eigenvalue weighted by Gasteiger charge is -2.33. The fraction of sp³-hybridized carbons (Fsp3) is 0.312. The molecule has 0 saturated carbocycles. The zero-order valence-corrected chi connectivity index (χ0v) is 13.9. The number of β-lactam (4-membered cyclic amide) rings is 1. The van der Waals surface area contributed by atoms with Crippen molar-refractivity contribution in [2.75, 3.05) is 5.75 Å². The summed E-state index contributed by atoms with van der Waals surface area (Å²) in [5.41, 5.74) is 1.15. The number of amides is 1. The Kier molecular flexibility index (Phi) is 4.77. The van der Waals surface area contributed by atoms with Crippen LogP contribution in [0.3, 0.4) is 0 Å². The molecule has 23 heavy (non-hydrogen) atoms. The first kappa shape index (κ1) is 16.1. The number of hydrogen-bond donors (Lipinski definition) is 1. The van der Waals surface area contributed by atoms with Crippen LogP contribution in [0.1, 0.15) is 18.4 Å². The quantitative estimate of drug-likeness (QED) is 0.762. The number of benzene rings is 1. The second-order valence-corrected chi connectivity index (χ2v) is 7.73. The first-order valence-electron chi connectivity index (χ1n) is 7.21. The summed E-state index contributed by atoms with van der Waals surface area (Å²) in [5, 5.41) is 9.18. The Balaban J connectivity index is 1.55. The van der Waals surface area contributed by atoms with Crippen LogP contribution in [0.15, 0.2) is 40.3 Å². The number of carbonyl (C=O) groups is 3. The fourth-order valence-corrected chi connectivity index (χ4v) is 5.11. The molecule has 0 spiro atoms. The van der Waals surface area contributed by atoms with Gasteiger partial charge in [0.1, 0.15) is 5.78 Å². The molecule has 1 amide bonds. The van der Waals surface area contributed by atoms with Gasteiger partial charge in [0.05, 0.1) is 21.8 Å². The molecule has 1 fully saturated rings. The van der Waals surface area contributed by atoms with Gasteiger partial charge in [-0.15, -0.1) is 11.8 Å². The lowest BCUT2D eigenvalue weighted by molar-refractivity contribution is -0.145. The number of ketones is 1. The number of carbonyl (C=O) groups excluding carboxylic acids is 2. The third-order valence-corrected chi connectivity index (χ3v) is 6.31. The molecule has 2 aliphatic heterocycles. The molecule has 0 bridgehead atoms. The predicted molar refractivity (Wildman–Crippen MR) is 89.7 cm³/mol. The molecular weight excluding hydrogens is 334 g/mol. The van der Waals surface area contributed by atoms with E-state index in [9.17, 15) is 19.5 Å². The molecule has 1 aromatic rings. The van der Waals surface area contributed by atoms with Crippen molar-refractivity contribution < 1.29 is 19.5 Å². The molecule has 2 heterocycles. The number of thioether (sulfide) groups is 2. The van der Waals surface area contributed by atoms with Crippen molar-refractivity contribution >= 4 is 41.2 Å². The topological polar surface area (TPSA) is 74.7 Å². The largest absolute Gasteiger partial charge is 0.477 e. The van der Waals surface area contributed by atoms with Crippen LogP contribution in [0.5, 0.6) is 0 Å². The van der Waals surface area contributed by atoms with E-state index in [1.165, 1.54) is 28.4 Å². The lowest BCUT2D eigenvalue weighted by atomic mass is 10.1. The molecule has 120 valence electrons. The van der Waals surface area contributed by atoms with Crippen molar-refractivity contribution in [3.8, 4) is 0 Å². The summed E-state index contributed by atoms with van der Waals surface area (Å²) in [6, 6.07) is 9.77. The Morgan fingerprint density at radius 1 is 1.30 bits per heavy atom. The zero-order valence-electron chi connectivity index (χ0n) is 12.2. The van der Waals surface area contributed by atoms with Gasteiger partial charge >= 0.3 is 5.97 Å². The van der Waals surface area contributed by atoms with E-state index in [0.717, 1.165) is 5.56 Å². The average molecular weight is 349 g/mol. The van der Waals surface area contributed by atoms with Gasteiger partial charge in [-0.05, 0) is 12.0 Å². The minimum absolute atomic E-state index is 0.0390. The van der Waals surface area contributed by atoms with Gasteiger partial charge in [-0.3, -0.25) is 14.5 Å². The van der Waals surface area contributed by atoms with Crippen molar-refractivity contribution in [2.24, 2.45) is 0 Å². The summed E-state index contributed by atoms with van der Waals surface area (Å²) in [6.45, 7) is 0. The summed E-state index contributed by atoms with van der Waals surface area (Å²) in [5.74, 6) is -0.948. The minimum atomic E-state index is -1.10. The van der Waals surface area contributed by atoms with E-state index in [1.54, 1.807) is 0 Å². The average Bonchev–Trinajstić information content (AvgIpc) is 2.84. The second-order valence-electron chi connectivity index (χ2n) is 5.29. The first-order valence-corrected chi connectivity index (χ1v) is 9.07. The summed E-state index contributed by atoms with van der Waals surface area (Å²) >= 11 is 2.60. The van der Waals surface area contributed by atoms with Gasteiger partial charge in [0.15, 0.2) is 5.70 Å². The molecule has 0 aromatic heterocycles. The predicted octanol–water partition coefficient (Wildman–Crippen LogP) is 2.48. The van der Waals surface area contributed by atoms with Crippen LogP contribution in [0.2, 0.25) is 0 Å². The third kappa shape index (κ3) is 3.45. The van der Waals surface area contributed by atoms with Crippen LogP contribution in [-0.4, -0.2) is 38.8 Å². The van der Waals surface area contributed by atoms with Gasteiger partial charge < -0.3 is 5.11 Å². The number of rotatable bonds is 7.